The van der Waals surface area contributed by atoms with E-state index in [1.54, 1.807) is 0 Å². The van der Waals surface area contributed by atoms with E-state index in [0.29, 0.717) is 31.0 Å². The summed E-state index contributed by atoms with van der Waals surface area (Å²) in [6.07, 6.45) is 5.72. The van der Waals surface area contributed by atoms with Crippen molar-refractivity contribution >= 4 is 23.4 Å². The molecule has 0 aromatic heterocycles. The molecule has 3 N–H and O–H groups in total. The number of benzene rings is 1. The van der Waals surface area contributed by atoms with Crippen LogP contribution in [0.25, 0.3) is 0 Å². The summed E-state index contributed by atoms with van der Waals surface area (Å²) in [4.78, 5) is 11.1. The van der Waals surface area contributed by atoms with E-state index in [1.165, 1.54) is 7.11 Å². The maximum atomic E-state index is 11.1. The summed E-state index contributed by atoms with van der Waals surface area (Å²) < 4.78 is 10.3. The summed E-state index contributed by atoms with van der Waals surface area (Å²) >= 11 is 5.23. The second-order valence-electron chi connectivity index (χ2n) is 7.31. The minimum Gasteiger partial charge on any atom is -0.471 e. The summed E-state index contributed by atoms with van der Waals surface area (Å²) in [5.41, 5.74) is 1.10. The molecule has 1 aliphatic rings. The van der Waals surface area contributed by atoms with Crippen LogP contribution in [0, 0.1) is 11.8 Å². The number of unbranched alkanes of at least 4 members (excludes halogenated alkanes) is 1. The number of thiocarbonyl (C=S) groups is 1. The molecule has 2 rings (SSSR count). The van der Waals surface area contributed by atoms with E-state index in [1.807, 2.05) is 42.5 Å². The van der Waals surface area contributed by atoms with E-state index >= 15 is 0 Å². The topological polar surface area (TPSA) is 88.0 Å². The average Bonchev–Trinajstić information content (AvgIpc) is 3.00. The van der Waals surface area contributed by atoms with E-state index in [-0.39, 0.29) is 24.4 Å². The van der Waals surface area contributed by atoms with E-state index in [9.17, 15) is 15.0 Å². The van der Waals surface area contributed by atoms with Crippen molar-refractivity contribution in [2.24, 2.45) is 11.8 Å². The number of hydrogen-bond acceptors (Lipinski definition) is 6. The highest BCUT2D eigenvalue weighted by Crippen LogP contribution is 2.35. The Balaban J connectivity index is 1.73. The molecule has 0 radical (unpaired) electrons. The molecule has 6 nitrogen and oxygen atoms in total. The molecule has 4 atom stereocenters. The number of ether oxygens (including phenoxy) is 2. The molecule has 0 aliphatic heterocycles. The van der Waals surface area contributed by atoms with Gasteiger partial charge in [-0.2, -0.15) is 0 Å². The zero-order chi connectivity index (χ0) is 21.1. The molecule has 1 saturated carbocycles. The molecule has 4 unspecified atom stereocenters. The van der Waals surface area contributed by atoms with Gasteiger partial charge in [-0.05, 0) is 49.4 Å². The van der Waals surface area contributed by atoms with Crippen LogP contribution in [0.2, 0.25) is 0 Å². The van der Waals surface area contributed by atoms with Crippen LogP contribution in [0.3, 0.4) is 0 Å². The Morgan fingerprint density at radius 2 is 1.93 bits per heavy atom. The first-order valence-corrected chi connectivity index (χ1v) is 10.4. The number of methoxy groups -OCH3 is 1. The SMILES string of the molecule is COC(=O)CCCC=CCC1C(O)CC(O)C1COC(=S)NCc1ccccc1. The van der Waals surface area contributed by atoms with Crippen LogP contribution < -0.4 is 5.32 Å². The van der Waals surface area contributed by atoms with E-state index in [0.717, 1.165) is 18.4 Å². The van der Waals surface area contributed by atoms with Gasteiger partial charge < -0.3 is 25.0 Å². The zero-order valence-electron chi connectivity index (χ0n) is 16.8. The highest BCUT2D eigenvalue weighted by molar-refractivity contribution is 7.80. The number of aliphatic hydroxyl groups excluding tert-OH is 2. The Hall–Kier alpha value is -1.96. The Morgan fingerprint density at radius 3 is 2.66 bits per heavy atom. The van der Waals surface area contributed by atoms with Crippen LogP contribution in [-0.2, 0) is 20.8 Å². The van der Waals surface area contributed by atoms with Gasteiger partial charge in [0, 0.05) is 18.9 Å². The minimum atomic E-state index is -0.611. The monoisotopic (exact) mass is 421 g/mol. The summed E-state index contributed by atoms with van der Waals surface area (Å²) in [5.74, 6) is -0.471. The largest absolute Gasteiger partial charge is 0.471 e. The lowest BCUT2D eigenvalue weighted by molar-refractivity contribution is -0.140. The molecule has 1 fully saturated rings. The predicted molar refractivity (Wildman–Crippen MR) is 115 cm³/mol. The minimum absolute atomic E-state index is 0.0845. The number of carbonyl (C=O) groups is 1. The Bertz CT molecular complexity index is 666. The van der Waals surface area contributed by atoms with Crippen molar-refractivity contribution in [3.63, 3.8) is 0 Å². The molecular weight excluding hydrogens is 390 g/mol. The fraction of sp³-hybridized carbons (Fsp3) is 0.545. The zero-order valence-corrected chi connectivity index (χ0v) is 17.6. The van der Waals surface area contributed by atoms with Crippen LogP contribution in [0.4, 0.5) is 0 Å². The molecule has 0 spiro atoms. The quantitative estimate of drug-likeness (QED) is 0.232. The fourth-order valence-electron chi connectivity index (χ4n) is 3.56. The number of nitrogens with one attached hydrogen (secondary N) is 1. The van der Waals surface area contributed by atoms with Gasteiger partial charge in [0.1, 0.15) is 0 Å². The van der Waals surface area contributed by atoms with Crippen LogP contribution in [0.5, 0.6) is 0 Å². The molecule has 0 amide bonds. The molecule has 0 heterocycles. The van der Waals surface area contributed by atoms with Gasteiger partial charge in [0.2, 0.25) is 0 Å². The summed E-state index contributed by atoms with van der Waals surface area (Å²) in [6, 6.07) is 9.88. The van der Waals surface area contributed by atoms with Gasteiger partial charge in [-0.3, -0.25) is 4.79 Å². The smallest absolute Gasteiger partial charge is 0.305 e. The lowest BCUT2D eigenvalue weighted by atomic mass is 9.91. The molecule has 0 saturated heterocycles. The van der Waals surface area contributed by atoms with Crippen molar-refractivity contribution in [3.8, 4) is 0 Å². The van der Waals surface area contributed by atoms with Gasteiger partial charge in [-0.25, -0.2) is 0 Å². The molecule has 1 aromatic carbocycles. The van der Waals surface area contributed by atoms with Crippen LogP contribution in [-0.4, -0.2) is 47.3 Å². The molecule has 0 bridgehead atoms. The second kappa shape index (κ2) is 12.6. The predicted octanol–water partition coefficient (Wildman–Crippen LogP) is 2.73. The third kappa shape index (κ3) is 8.12. The van der Waals surface area contributed by atoms with Crippen LogP contribution >= 0.6 is 12.2 Å². The molecule has 160 valence electrons. The number of carbonyl (C=O) groups excluding carboxylic acids is 1. The number of esters is 1. The highest BCUT2D eigenvalue weighted by atomic mass is 32.1. The van der Waals surface area contributed by atoms with Crippen molar-refractivity contribution in [1.82, 2.24) is 5.32 Å². The lowest BCUT2D eigenvalue weighted by Crippen LogP contribution is -2.31. The van der Waals surface area contributed by atoms with E-state index in [4.69, 9.17) is 17.0 Å². The van der Waals surface area contributed by atoms with Gasteiger partial charge >= 0.3 is 5.97 Å². The maximum Gasteiger partial charge on any atom is 0.305 e. The standard InChI is InChI=1S/C22H31NO5S/c1-27-21(26)12-8-3-2-7-11-17-18(20(25)13-19(17)24)15-28-22(29)23-14-16-9-5-4-6-10-16/h2,4-7,9-10,17-20,24-25H,3,8,11-15H2,1H3,(H,23,29). The molecule has 29 heavy (non-hydrogen) atoms. The molecule has 1 aromatic rings. The maximum absolute atomic E-state index is 11.1. The third-order valence-corrected chi connectivity index (χ3v) is 5.52. The van der Waals surface area contributed by atoms with Crippen LogP contribution in [0.1, 0.15) is 37.7 Å². The second-order valence-corrected chi connectivity index (χ2v) is 7.68. The molecule has 1 aliphatic carbocycles. The van der Waals surface area contributed by atoms with Gasteiger partial charge in [-0.1, -0.05) is 42.5 Å². The molecular formula is C22H31NO5S. The Labute approximate surface area is 177 Å². The first-order chi connectivity index (χ1) is 14.0. The van der Waals surface area contributed by atoms with Gasteiger partial charge in [-0.15, -0.1) is 0 Å². The molecule has 7 heteroatoms. The lowest BCUT2D eigenvalue weighted by Gasteiger charge is -2.23. The normalized spacial score (nSPS) is 23.8. The third-order valence-electron chi connectivity index (χ3n) is 5.26. The van der Waals surface area contributed by atoms with E-state index in [2.05, 4.69) is 10.1 Å². The fourth-order valence-corrected chi connectivity index (χ4v) is 3.71. The number of rotatable bonds is 10. The van der Waals surface area contributed by atoms with Gasteiger partial charge in [0.15, 0.2) is 0 Å². The number of hydrogen-bond donors (Lipinski definition) is 3. The Kier molecular flexibility index (Phi) is 10.1. The van der Waals surface area contributed by atoms with Crippen molar-refractivity contribution in [1.29, 1.82) is 0 Å². The van der Waals surface area contributed by atoms with Gasteiger partial charge in [0.05, 0.1) is 25.9 Å². The van der Waals surface area contributed by atoms with Crippen molar-refractivity contribution in [3.05, 3.63) is 48.0 Å². The Morgan fingerprint density at radius 1 is 1.21 bits per heavy atom. The van der Waals surface area contributed by atoms with Crippen molar-refractivity contribution in [2.75, 3.05) is 13.7 Å². The average molecular weight is 422 g/mol. The van der Waals surface area contributed by atoms with Crippen molar-refractivity contribution in [2.45, 2.75) is 50.9 Å². The van der Waals surface area contributed by atoms with Gasteiger partial charge in [0.25, 0.3) is 5.17 Å². The summed E-state index contributed by atoms with van der Waals surface area (Å²) in [6.45, 7) is 0.840. The van der Waals surface area contributed by atoms with Crippen molar-refractivity contribution < 1.29 is 24.5 Å². The van der Waals surface area contributed by atoms with E-state index < -0.39 is 12.2 Å². The first kappa shape index (κ1) is 23.3. The highest BCUT2D eigenvalue weighted by Gasteiger charge is 2.41. The summed E-state index contributed by atoms with van der Waals surface area (Å²) in [7, 11) is 1.38. The summed E-state index contributed by atoms with van der Waals surface area (Å²) in [5, 5.41) is 23.9. The first-order valence-electron chi connectivity index (χ1n) is 10.0. The number of aliphatic hydroxyl groups is 2. The number of allylic oxidation sites excluding steroid dienone is 2. The van der Waals surface area contributed by atoms with Crippen LogP contribution in [0.15, 0.2) is 42.5 Å².